The van der Waals surface area contributed by atoms with Gasteiger partial charge in [0.25, 0.3) is 0 Å². The van der Waals surface area contributed by atoms with E-state index in [0.29, 0.717) is 0 Å². The first-order valence-corrected chi connectivity index (χ1v) is 8.32. The molecule has 122 valence electrons. The van der Waals surface area contributed by atoms with Crippen LogP contribution in [0.25, 0.3) is 0 Å². The summed E-state index contributed by atoms with van der Waals surface area (Å²) in [6, 6.07) is 0. The van der Waals surface area contributed by atoms with E-state index in [0.717, 1.165) is 38.5 Å². The van der Waals surface area contributed by atoms with Crippen LogP contribution in [0.15, 0.2) is 0 Å². The summed E-state index contributed by atoms with van der Waals surface area (Å²) >= 11 is 0. The van der Waals surface area contributed by atoms with Gasteiger partial charge in [-0.2, -0.15) is 0 Å². The van der Waals surface area contributed by atoms with E-state index in [4.69, 9.17) is 10.5 Å². The Morgan fingerprint density at radius 3 is 1.95 bits per heavy atom. The largest absolute Gasteiger partial charge is 0.444 e. The number of carbonyl (C=O) groups is 1. The van der Waals surface area contributed by atoms with Crippen molar-refractivity contribution < 1.29 is 9.53 Å². The molecule has 2 saturated carbocycles. The lowest BCUT2D eigenvalue weighted by molar-refractivity contribution is 0.00904. The third-order valence-corrected chi connectivity index (χ3v) is 5.68. The summed E-state index contributed by atoms with van der Waals surface area (Å²) in [6.45, 7) is 10.1. The minimum atomic E-state index is -0.468. The summed E-state index contributed by atoms with van der Waals surface area (Å²) in [6.07, 6.45) is 7.34. The summed E-state index contributed by atoms with van der Waals surface area (Å²) in [5.41, 5.74) is 5.59. The average molecular weight is 296 g/mol. The van der Waals surface area contributed by atoms with Gasteiger partial charge in [-0.3, -0.25) is 0 Å². The van der Waals surface area contributed by atoms with E-state index in [1.165, 1.54) is 6.42 Å². The quantitative estimate of drug-likeness (QED) is 0.834. The van der Waals surface area contributed by atoms with Crippen molar-refractivity contribution >= 4 is 6.09 Å². The number of amides is 1. The predicted molar refractivity (Wildman–Crippen MR) is 85.1 cm³/mol. The second kappa shape index (κ2) is 5.15. The lowest BCUT2D eigenvalue weighted by Gasteiger charge is -2.52. The van der Waals surface area contributed by atoms with Gasteiger partial charge in [0.2, 0.25) is 0 Å². The SMILES string of the molecule is CC(C)(C)OC(=O)NC1(C(C)(C)C2(N)CC2)CCCCC1. The average Bonchev–Trinajstić information content (AvgIpc) is 3.07. The van der Waals surface area contributed by atoms with Crippen LogP contribution in [0.4, 0.5) is 4.79 Å². The van der Waals surface area contributed by atoms with E-state index in [1.807, 2.05) is 20.8 Å². The van der Waals surface area contributed by atoms with E-state index in [9.17, 15) is 4.79 Å². The van der Waals surface area contributed by atoms with Gasteiger partial charge in [0, 0.05) is 11.0 Å². The Hall–Kier alpha value is -0.770. The first-order chi connectivity index (χ1) is 9.52. The molecular weight excluding hydrogens is 264 g/mol. The second-order valence-electron chi connectivity index (χ2n) is 8.55. The maximum atomic E-state index is 12.4. The van der Waals surface area contributed by atoms with Crippen LogP contribution in [-0.2, 0) is 4.74 Å². The van der Waals surface area contributed by atoms with Crippen LogP contribution in [0.5, 0.6) is 0 Å². The van der Waals surface area contributed by atoms with Crippen molar-refractivity contribution in [1.29, 1.82) is 0 Å². The van der Waals surface area contributed by atoms with Gasteiger partial charge in [-0.05, 0) is 46.5 Å². The number of hydrogen-bond donors (Lipinski definition) is 2. The summed E-state index contributed by atoms with van der Waals surface area (Å²) in [5.74, 6) is 0. The van der Waals surface area contributed by atoms with Crippen LogP contribution in [0.1, 0.15) is 79.6 Å². The Bertz CT molecular complexity index is 400. The smallest absolute Gasteiger partial charge is 0.408 e. The van der Waals surface area contributed by atoms with Crippen molar-refractivity contribution in [2.24, 2.45) is 11.1 Å². The Kier molecular flexibility index (Phi) is 4.07. The number of carbonyl (C=O) groups excluding carboxylic acids is 1. The van der Waals surface area contributed by atoms with Crippen molar-refractivity contribution in [2.75, 3.05) is 0 Å². The van der Waals surface area contributed by atoms with E-state index in [1.54, 1.807) is 0 Å². The lowest BCUT2D eigenvalue weighted by Crippen LogP contribution is -2.65. The molecular formula is C17H32N2O2. The molecule has 0 unspecified atom stereocenters. The van der Waals surface area contributed by atoms with Crippen molar-refractivity contribution in [3.05, 3.63) is 0 Å². The topological polar surface area (TPSA) is 64.3 Å². The summed E-state index contributed by atoms with van der Waals surface area (Å²) in [5, 5.41) is 3.23. The fourth-order valence-electron chi connectivity index (χ4n) is 3.80. The summed E-state index contributed by atoms with van der Waals surface area (Å²) in [7, 11) is 0. The van der Waals surface area contributed by atoms with E-state index in [2.05, 4.69) is 19.2 Å². The molecule has 21 heavy (non-hydrogen) atoms. The standard InChI is InChI=1S/C17H32N2O2/c1-14(2,3)21-13(20)19-17(9-7-6-8-10-17)15(4,5)16(18)11-12-16/h6-12,18H2,1-5H3,(H,19,20). The molecule has 0 saturated heterocycles. The zero-order chi connectivity index (χ0) is 15.9. The van der Waals surface area contributed by atoms with Crippen LogP contribution in [0.2, 0.25) is 0 Å². The van der Waals surface area contributed by atoms with Crippen LogP contribution in [0.3, 0.4) is 0 Å². The lowest BCUT2D eigenvalue weighted by atomic mass is 9.60. The maximum Gasteiger partial charge on any atom is 0.408 e. The number of rotatable bonds is 3. The molecule has 0 aromatic carbocycles. The zero-order valence-corrected chi connectivity index (χ0v) is 14.3. The highest BCUT2D eigenvalue weighted by Crippen LogP contribution is 2.56. The van der Waals surface area contributed by atoms with E-state index < -0.39 is 5.60 Å². The molecule has 2 fully saturated rings. The molecule has 0 radical (unpaired) electrons. The Morgan fingerprint density at radius 1 is 1.00 bits per heavy atom. The van der Waals surface area contributed by atoms with Gasteiger partial charge in [0.15, 0.2) is 0 Å². The molecule has 0 heterocycles. The number of nitrogens with two attached hydrogens (primary N) is 1. The van der Waals surface area contributed by atoms with Gasteiger partial charge in [0.1, 0.15) is 5.60 Å². The number of hydrogen-bond acceptors (Lipinski definition) is 3. The number of alkyl carbamates (subject to hydrolysis) is 1. The summed E-state index contributed by atoms with van der Waals surface area (Å²) < 4.78 is 5.50. The van der Waals surface area contributed by atoms with Gasteiger partial charge >= 0.3 is 6.09 Å². The Labute approximate surface area is 129 Å². The van der Waals surface area contributed by atoms with Crippen molar-refractivity contribution in [1.82, 2.24) is 5.32 Å². The first-order valence-electron chi connectivity index (χ1n) is 8.32. The van der Waals surface area contributed by atoms with Gasteiger partial charge in [-0.15, -0.1) is 0 Å². The molecule has 1 amide bonds. The molecule has 2 rings (SSSR count). The van der Waals surface area contributed by atoms with Crippen molar-refractivity contribution in [3.63, 3.8) is 0 Å². The fourth-order valence-corrected chi connectivity index (χ4v) is 3.80. The van der Waals surface area contributed by atoms with E-state index in [-0.39, 0.29) is 22.6 Å². The van der Waals surface area contributed by atoms with Gasteiger partial charge in [-0.1, -0.05) is 33.1 Å². The minimum Gasteiger partial charge on any atom is -0.444 e. The highest BCUT2D eigenvalue weighted by Gasteiger charge is 2.61. The third-order valence-electron chi connectivity index (χ3n) is 5.68. The Morgan fingerprint density at radius 2 is 1.52 bits per heavy atom. The van der Waals surface area contributed by atoms with Crippen molar-refractivity contribution in [3.8, 4) is 0 Å². The molecule has 2 aliphatic carbocycles. The first kappa shape index (κ1) is 16.6. The molecule has 2 aliphatic rings. The molecule has 4 nitrogen and oxygen atoms in total. The van der Waals surface area contributed by atoms with Crippen molar-refractivity contribution in [2.45, 2.75) is 96.2 Å². The molecule has 4 heteroatoms. The highest BCUT2D eigenvalue weighted by atomic mass is 16.6. The molecule has 0 aliphatic heterocycles. The molecule has 0 bridgehead atoms. The zero-order valence-electron chi connectivity index (χ0n) is 14.3. The second-order valence-corrected chi connectivity index (χ2v) is 8.55. The van der Waals surface area contributed by atoms with Gasteiger partial charge in [-0.25, -0.2) is 4.79 Å². The van der Waals surface area contributed by atoms with Gasteiger partial charge in [0.05, 0.1) is 5.54 Å². The number of nitrogens with one attached hydrogen (secondary N) is 1. The summed E-state index contributed by atoms with van der Waals surface area (Å²) in [4.78, 5) is 12.4. The monoisotopic (exact) mass is 296 g/mol. The predicted octanol–water partition coefficient (Wildman–Crippen LogP) is 3.73. The van der Waals surface area contributed by atoms with E-state index >= 15 is 0 Å². The maximum absolute atomic E-state index is 12.4. The molecule has 3 N–H and O–H groups in total. The van der Waals surface area contributed by atoms with Gasteiger partial charge < -0.3 is 15.8 Å². The normalized spacial score (nSPS) is 24.3. The van der Waals surface area contributed by atoms with Crippen LogP contribution >= 0.6 is 0 Å². The number of ether oxygens (including phenoxy) is 1. The minimum absolute atomic E-state index is 0.114. The fraction of sp³-hybridized carbons (Fsp3) is 0.941. The van der Waals surface area contributed by atoms with Crippen LogP contribution in [0, 0.1) is 5.41 Å². The molecule has 0 spiro atoms. The molecule has 0 atom stereocenters. The Balaban J connectivity index is 2.20. The van der Waals surface area contributed by atoms with Crippen LogP contribution in [-0.4, -0.2) is 22.8 Å². The molecule has 0 aromatic rings. The molecule has 0 aromatic heterocycles. The highest BCUT2D eigenvalue weighted by molar-refractivity contribution is 5.69. The van der Waals surface area contributed by atoms with Crippen LogP contribution < -0.4 is 11.1 Å². The third kappa shape index (κ3) is 3.20.